The van der Waals surface area contributed by atoms with Gasteiger partial charge in [-0.1, -0.05) is 17.3 Å². The molecule has 182 valence electrons. The van der Waals surface area contributed by atoms with E-state index in [9.17, 15) is 19.8 Å². The number of carbonyl (C=O) groups is 2. The Labute approximate surface area is 201 Å². The second kappa shape index (κ2) is 8.81. The van der Waals surface area contributed by atoms with Crippen LogP contribution in [0.25, 0.3) is 21.9 Å². The number of ether oxygens (including phenoxy) is 1. The van der Waals surface area contributed by atoms with Crippen molar-refractivity contribution in [2.45, 2.75) is 51.6 Å². The zero-order chi connectivity index (χ0) is 24.9. The van der Waals surface area contributed by atoms with Gasteiger partial charge in [0, 0.05) is 24.5 Å². The fraction of sp³-hybridized carbons (Fsp3) is 0.385. The molecule has 1 atom stereocenters. The van der Waals surface area contributed by atoms with Crippen LogP contribution in [-0.2, 0) is 23.2 Å². The van der Waals surface area contributed by atoms with Gasteiger partial charge in [0.25, 0.3) is 0 Å². The number of hydrogen-bond acceptors (Lipinski definition) is 6. The van der Waals surface area contributed by atoms with Gasteiger partial charge >= 0.3 is 12.1 Å². The third-order valence-corrected chi connectivity index (χ3v) is 6.96. The maximum atomic E-state index is 12.8. The molecule has 1 aliphatic rings. The predicted molar refractivity (Wildman–Crippen MR) is 130 cm³/mol. The molecular formula is C26H28N4O5. The number of hydrogen-bond donors (Lipinski definition) is 2. The van der Waals surface area contributed by atoms with Crippen molar-refractivity contribution in [1.29, 1.82) is 0 Å². The van der Waals surface area contributed by atoms with Crippen LogP contribution >= 0.6 is 0 Å². The third-order valence-electron chi connectivity index (χ3n) is 6.96. The van der Waals surface area contributed by atoms with Gasteiger partial charge in [0.2, 0.25) is 0 Å². The summed E-state index contributed by atoms with van der Waals surface area (Å²) in [4.78, 5) is 24.6. The number of nitrogens with zero attached hydrogens (tertiary/aromatic N) is 4. The first kappa shape index (κ1) is 23.0. The Morgan fingerprint density at radius 3 is 2.69 bits per heavy atom. The zero-order valence-corrected chi connectivity index (χ0v) is 20.0. The molecule has 1 saturated carbocycles. The van der Waals surface area contributed by atoms with Crippen molar-refractivity contribution in [3.05, 3.63) is 58.3 Å². The maximum absolute atomic E-state index is 12.8. The van der Waals surface area contributed by atoms with Gasteiger partial charge in [0.15, 0.2) is 0 Å². The average molecular weight is 477 g/mol. The topological polar surface area (TPSA) is 119 Å². The van der Waals surface area contributed by atoms with Crippen molar-refractivity contribution >= 4 is 34.0 Å². The van der Waals surface area contributed by atoms with Crippen LogP contribution in [0.4, 0.5) is 4.79 Å². The van der Waals surface area contributed by atoms with E-state index in [-0.39, 0.29) is 25.6 Å². The lowest BCUT2D eigenvalue weighted by Gasteiger charge is -2.22. The minimum Gasteiger partial charge on any atom is -0.466 e. The molecule has 9 nitrogen and oxygen atoms in total. The third kappa shape index (κ3) is 3.95. The number of fused-ring (bicyclic) bond motifs is 2. The Morgan fingerprint density at radius 2 is 2.03 bits per heavy atom. The first-order chi connectivity index (χ1) is 16.8. The van der Waals surface area contributed by atoms with Crippen molar-refractivity contribution in [3.8, 4) is 0 Å². The van der Waals surface area contributed by atoms with Gasteiger partial charge in [0.1, 0.15) is 5.52 Å². The fourth-order valence-corrected chi connectivity index (χ4v) is 5.12. The van der Waals surface area contributed by atoms with Crippen LogP contribution in [0.15, 0.2) is 30.5 Å². The molecule has 1 unspecified atom stereocenters. The normalized spacial score (nSPS) is 14.5. The second-order valence-electron chi connectivity index (χ2n) is 9.17. The van der Waals surface area contributed by atoms with E-state index in [4.69, 9.17) is 4.74 Å². The van der Waals surface area contributed by atoms with Gasteiger partial charge in [0.05, 0.1) is 30.7 Å². The van der Waals surface area contributed by atoms with E-state index in [1.807, 2.05) is 20.0 Å². The Bertz CT molecular complexity index is 1460. The monoisotopic (exact) mass is 476 g/mol. The van der Waals surface area contributed by atoms with Gasteiger partial charge in [-0.25, -0.2) is 9.48 Å². The number of aliphatic hydroxyl groups excluding tert-OH is 1. The molecule has 2 aromatic carbocycles. The van der Waals surface area contributed by atoms with E-state index < -0.39 is 12.0 Å². The number of rotatable bonds is 7. The molecule has 0 spiro atoms. The molecule has 4 aromatic rings. The zero-order valence-electron chi connectivity index (χ0n) is 20.0. The summed E-state index contributed by atoms with van der Waals surface area (Å²) in [6.45, 7) is 3.76. The Kier molecular flexibility index (Phi) is 5.80. The van der Waals surface area contributed by atoms with Crippen LogP contribution in [0, 0.1) is 6.92 Å². The molecule has 35 heavy (non-hydrogen) atoms. The van der Waals surface area contributed by atoms with Crippen LogP contribution in [0.5, 0.6) is 0 Å². The van der Waals surface area contributed by atoms with Crippen LogP contribution in [0.1, 0.15) is 65.8 Å². The lowest BCUT2D eigenvalue weighted by Crippen LogP contribution is -2.14. The Morgan fingerprint density at radius 1 is 1.26 bits per heavy atom. The van der Waals surface area contributed by atoms with Crippen molar-refractivity contribution in [2.75, 3.05) is 6.61 Å². The lowest BCUT2D eigenvalue weighted by molar-refractivity contribution is -0.143. The van der Waals surface area contributed by atoms with Crippen molar-refractivity contribution in [2.24, 2.45) is 7.05 Å². The lowest BCUT2D eigenvalue weighted by atomic mass is 9.83. The average Bonchev–Trinajstić information content (AvgIpc) is 3.46. The maximum Gasteiger partial charge on any atom is 0.415 e. The number of aryl methyl sites for hydroxylation is 2. The molecule has 0 bridgehead atoms. The van der Waals surface area contributed by atoms with Crippen LogP contribution in [-0.4, -0.2) is 48.4 Å². The molecule has 9 heteroatoms. The first-order valence-corrected chi connectivity index (χ1v) is 11.8. The molecule has 0 saturated heterocycles. The molecular weight excluding hydrogens is 448 g/mol. The molecule has 0 amide bonds. The van der Waals surface area contributed by atoms with Crippen molar-refractivity contribution < 1.29 is 24.5 Å². The molecule has 5 rings (SSSR count). The SMILES string of the molecule is CCOC(=O)CC(c1cc(CO)c2ccn(C(=O)O)c2c1)c1cc(C2CC2)c2c(nnn2C)c1C. The molecule has 0 aliphatic heterocycles. The summed E-state index contributed by atoms with van der Waals surface area (Å²) in [5.41, 5.74) is 6.65. The van der Waals surface area contributed by atoms with E-state index >= 15 is 0 Å². The highest BCUT2D eigenvalue weighted by Crippen LogP contribution is 2.46. The van der Waals surface area contributed by atoms with Crippen LogP contribution in [0.2, 0.25) is 0 Å². The van der Waals surface area contributed by atoms with Crippen LogP contribution < -0.4 is 0 Å². The van der Waals surface area contributed by atoms with E-state index in [1.165, 1.54) is 11.8 Å². The van der Waals surface area contributed by atoms with E-state index in [1.54, 1.807) is 23.7 Å². The van der Waals surface area contributed by atoms with E-state index in [0.717, 1.165) is 45.1 Å². The number of aliphatic hydroxyl groups is 1. The van der Waals surface area contributed by atoms with E-state index in [0.29, 0.717) is 22.4 Å². The molecule has 1 aliphatic carbocycles. The minimum atomic E-state index is -1.11. The summed E-state index contributed by atoms with van der Waals surface area (Å²) in [5, 5.41) is 29.1. The van der Waals surface area contributed by atoms with Gasteiger partial charge < -0.3 is 14.9 Å². The van der Waals surface area contributed by atoms with Gasteiger partial charge in [-0.2, -0.15) is 0 Å². The first-order valence-electron chi connectivity index (χ1n) is 11.8. The van der Waals surface area contributed by atoms with E-state index in [2.05, 4.69) is 16.4 Å². The number of esters is 1. The summed E-state index contributed by atoms with van der Waals surface area (Å²) in [6, 6.07) is 7.49. The number of carbonyl (C=O) groups excluding carboxylic acids is 1. The van der Waals surface area contributed by atoms with Gasteiger partial charge in [-0.05, 0) is 72.6 Å². The highest BCUT2D eigenvalue weighted by molar-refractivity contribution is 5.92. The number of aromatic nitrogens is 4. The Balaban J connectivity index is 1.75. The Hall–Kier alpha value is -3.72. The van der Waals surface area contributed by atoms with Crippen molar-refractivity contribution in [1.82, 2.24) is 19.6 Å². The largest absolute Gasteiger partial charge is 0.466 e. The molecule has 2 N–H and O–H groups in total. The molecule has 0 radical (unpaired) electrons. The summed E-state index contributed by atoms with van der Waals surface area (Å²) < 4.78 is 8.24. The summed E-state index contributed by atoms with van der Waals surface area (Å²) >= 11 is 0. The molecule has 2 heterocycles. The predicted octanol–water partition coefficient (Wildman–Crippen LogP) is 4.21. The second-order valence-corrected chi connectivity index (χ2v) is 9.17. The molecule has 2 aromatic heterocycles. The quantitative estimate of drug-likeness (QED) is 0.383. The highest BCUT2D eigenvalue weighted by atomic mass is 16.5. The summed E-state index contributed by atoms with van der Waals surface area (Å²) in [5.74, 6) is -0.329. The standard InChI is InChI=1S/C26H28N4O5/c1-4-35-23(32)12-20(16-9-17(13-31)18-7-8-30(26(33)34)22(18)10-16)19-11-21(15-5-6-15)25-24(14(19)2)27-28-29(25)3/h7-11,15,20,31H,4-6,12-13H2,1-3H3,(H,33,34). The fourth-order valence-electron chi connectivity index (χ4n) is 5.12. The van der Waals surface area contributed by atoms with Crippen LogP contribution in [0.3, 0.4) is 0 Å². The van der Waals surface area contributed by atoms with Gasteiger partial charge in [-0.15, -0.1) is 5.10 Å². The minimum absolute atomic E-state index is 0.0781. The number of benzene rings is 2. The summed E-state index contributed by atoms with van der Waals surface area (Å²) in [7, 11) is 1.89. The number of carboxylic acid groups (broad SMARTS) is 1. The smallest absolute Gasteiger partial charge is 0.415 e. The van der Waals surface area contributed by atoms with Crippen molar-refractivity contribution in [3.63, 3.8) is 0 Å². The summed E-state index contributed by atoms with van der Waals surface area (Å²) in [6.07, 6.45) is 2.62. The molecule has 1 fully saturated rings. The van der Waals surface area contributed by atoms with Gasteiger partial charge in [-0.3, -0.25) is 9.36 Å². The highest BCUT2D eigenvalue weighted by Gasteiger charge is 2.31.